The zero-order chi connectivity index (χ0) is 10.8. The van der Waals surface area contributed by atoms with E-state index >= 15 is 0 Å². The van der Waals surface area contributed by atoms with Crippen LogP contribution in [-0.2, 0) is 4.74 Å². The molecule has 0 bridgehead atoms. The maximum Gasteiger partial charge on any atom is 0.0608 e. The predicted molar refractivity (Wildman–Crippen MR) is 63.8 cm³/mol. The van der Waals surface area contributed by atoms with E-state index in [2.05, 4.69) is 20.8 Å². The molecule has 0 aromatic carbocycles. The number of rotatable bonds is 4. The largest absolute Gasteiger partial charge is 0.378 e. The third kappa shape index (κ3) is 3.21. The van der Waals surface area contributed by atoms with Gasteiger partial charge in [-0.1, -0.05) is 27.2 Å². The second kappa shape index (κ2) is 4.86. The fraction of sp³-hybridized carbons (Fsp3) is 1.00. The summed E-state index contributed by atoms with van der Waals surface area (Å²) in [6.07, 6.45) is 7.48. The van der Waals surface area contributed by atoms with Crippen molar-refractivity contribution in [1.82, 2.24) is 0 Å². The smallest absolute Gasteiger partial charge is 0.0608 e. The van der Waals surface area contributed by atoms with Gasteiger partial charge in [-0.15, -0.1) is 0 Å². The molecular formula is C14H26O. The summed E-state index contributed by atoms with van der Waals surface area (Å²) < 4.78 is 6.15. The fourth-order valence-electron chi connectivity index (χ4n) is 2.85. The summed E-state index contributed by atoms with van der Waals surface area (Å²) in [5.41, 5.74) is 0. The van der Waals surface area contributed by atoms with Gasteiger partial charge in [0.25, 0.3) is 0 Å². The Morgan fingerprint density at radius 2 is 1.87 bits per heavy atom. The van der Waals surface area contributed by atoms with Crippen LogP contribution in [0.1, 0.15) is 52.9 Å². The van der Waals surface area contributed by atoms with E-state index in [-0.39, 0.29) is 0 Å². The van der Waals surface area contributed by atoms with Crippen LogP contribution in [0.25, 0.3) is 0 Å². The summed E-state index contributed by atoms with van der Waals surface area (Å²) in [5, 5.41) is 0. The number of hydrogen-bond donors (Lipinski definition) is 0. The van der Waals surface area contributed by atoms with E-state index in [1.165, 1.54) is 32.1 Å². The molecule has 1 heteroatoms. The van der Waals surface area contributed by atoms with Crippen molar-refractivity contribution in [2.75, 3.05) is 6.61 Å². The van der Waals surface area contributed by atoms with Gasteiger partial charge in [-0.25, -0.2) is 0 Å². The van der Waals surface area contributed by atoms with E-state index in [0.29, 0.717) is 6.10 Å². The lowest BCUT2D eigenvalue weighted by atomic mass is 9.75. The van der Waals surface area contributed by atoms with Crippen LogP contribution < -0.4 is 0 Å². The monoisotopic (exact) mass is 210 g/mol. The van der Waals surface area contributed by atoms with Crippen molar-refractivity contribution < 1.29 is 4.74 Å². The average Bonchev–Trinajstić information content (AvgIpc) is 2.97. The molecule has 3 unspecified atom stereocenters. The van der Waals surface area contributed by atoms with Crippen LogP contribution >= 0.6 is 0 Å². The Kier molecular flexibility index (Phi) is 3.71. The van der Waals surface area contributed by atoms with Crippen molar-refractivity contribution in [1.29, 1.82) is 0 Å². The molecule has 15 heavy (non-hydrogen) atoms. The summed E-state index contributed by atoms with van der Waals surface area (Å²) >= 11 is 0. The molecule has 0 heterocycles. The van der Waals surface area contributed by atoms with Gasteiger partial charge in [0.15, 0.2) is 0 Å². The molecule has 0 N–H and O–H groups in total. The Bertz CT molecular complexity index is 196. The van der Waals surface area contributed by atoms with Gasteiger partial charge in [-0.2, -0.15) is 0 Å². The summed E-state index contributed by atoms with van der Waals surface area (Å²) in [5.74, 6) is 3.40. The Balaban J connectivity index is 1.83. The minimum Gasteiger partial charge on any atom is -0.378 e. The molecule has 0 radical (unpaired) electrons. The fourth-order valence-corrected chi connectivity index (χ4v) is 2.85. The summed E-state index contributed by atoms with van der Waals surface area (Å²) in [6, 6.07) is 0. The average molecular weight is 210 g/mol. The highest BCUT2D eigenvalue weighted by molar-refractivity contribution is 4.82. The topological polar surface area (TPSA) is 9.23 Å². The minimum absolute atomic E-state index is 0.564. The van der Waals surface area contributed by atoms with Crippen molar-refractivity contribution in [3.8, 4) is 0 Å². The second-order valence-electron chi connectivity index (χ2n) is 6.14. The van der Waals surface area contributed by atoms with E-state index in [0.717, 1.165) is 30.3 Å². The van der Waals surface area contributed by atoms with Gasteiger partial charge in [0, 0.05) is 6.61 Å². The molecule has 3 atom stereocenters. The molecule has 0 amide bonds. The molecule has 2 rings (SSSR count). The molecule has 88 valence electrons. The lowest BCUT2D eigenvalue weighted by molar-refractivity contribution is -0.0423. The molecule has 2 aliphatic carbocycles. The van der Waals surface area contributed by atoms with Crippen molar-refractivity contribution in [2.45, 2.75) is 59.0 Å². The van der Waals surface area contributed by atoms with Crippen molar-refractivity contribution >= 4 is 0 Å². The van der Waals surface area contributed by atoms with Crippen LogP contribution in [0.3, 0.4) is 0 Å². The SMILES string of the molecule is CC1CCC(C(C)C)C(OCC2CC2)C1. The predicted octanol–water partition coefficient (Wildman–Crippen LogP) is 3.87. The van der Waals surface area contributed by atoms with Crippen molar-refractivity contribution in [3.05, 3.63) is 0 Å². The van der Waals surface area contributed by atoms with Gasteiger partial charge in [0.05, 0.1) is 6.10 Å². The van der Waals surface area contributed by atoms with E-state index in [4.69, 9.17) is 4.74 Å². The lowest BCUT2D eigenvalue weighted by Crippen LogP contribution is -2.34. The third-order valence-corrected chi connectivity index (χ3v) is 4.20. The van der Waals surface area contributed by atoms with Gasteiger partial charge in [0.1, 0.15) is 0 Å². The lowest BCUT2D eigenvalue weighted by Gasteiger charge is -2.37. The Labute approximate surface area is 94.6 Å². The van der Waals surface area contributed by atoms with E-state index in [1.54, 1.807) is 0 Å². The molecular weight excluding hydrogens is 184 g/mol. The third-order valence-electron chi connectivity index (χ3n) is 4.20. The first kappa shape index (κ1) is 11.4. The highest BCUT2D eigenvalue weighted by atomic mass is 16.5. The van der Waals surface area contributed by atoms with Crippen LogP contribution in [0.2, 0.25) is 0 Å². The zero-order valence-electron chi connectivity index (χ0n) is 10.5. The van der Waals surface area contributed by atoms with Gasteiger partial charge in [-0.3, -0.25) is 0 Å². The Hall–Kier alpha value is -0.0400. The van der Waals surface area contributed by atoms with Crippen LogP contribution in [0.15, 0.2) is 0 Å². The van der Waals surface area contributed by atoms with Crippen LogP contribution in [0.5, 0.6) is 0 Å². The molecule has 0 saturated heterocycles. The van der Waals surface area contributed by atoms with E-state index in [9.17, 15) is 0 Å². The first-order chi connectivity index (χ1) is 7.16. The van der Waals surface area contributed by atoms with Gasteiger partial charge in [0.2, 0.25) is 0 Å². The molecule has 2 fully saturated rings. The molecule has 0 spiro atoms. The normalized spacial score (nSPS) is 37.2. The first-order valence-corrected chi connectivity index (χ1v) is 6.78. The number of hydrogen-bond acceptors (Lipinski definition) is 1. The maximum atomic E-state index is 6.15. The van der Waals surface area contributed by atoms with Crippen LogP contribution in [0.4, 0.5) is 0 Å². The molecule has 2 saturated carbocycles. The zero-order valence-corrected chi connectivity index (χ0v) is 10.5. The highest BCUT2D eigenvalue weighted by Gasteiger charge is 2.32. The van der Waals surface area contributed by atoms with Crippen LogP contribution in [-0.4, -0.2) is 12.7 Å². The van der Waals surface area contributed by atoms with Gasteiger partial charge in [-0.05, 0) is 49.4 Å². The molecule has 0 aliphatic heterocycles. The minimum atomic E-state index is 0.564. The van der Waals surface area contributed by atoms with Crippen molar-refractivity contribution in [2.24, 2.45) is 23.7 Å². The first-order valence-electron chi connectivity index (χ1n) is 6.78. The maximum absolute atomic E-state index is 6.15. The quantitative estimate of drug-likeness (QED) is 0.684. The number of ether oxygens (including phenoxy) is 1. The highest BCUT2D eigenvalue weighted by Crippen LogP contribution is 2.37. The molecule has 0 aromatic heterocycles. The molecule has 0 aromatic rings. The standard InChI is InChI=1S/C14H26O/c1-10(2)13-7-4-11(3)8-14(13)15-9-12-5-6-12/h10-14H,4-9H2,1-3H3. The summed E-state index contributed by atoms with van der Waals surface area (Å²) in [7, 11) is 0. The second-order valence-corrected chi connectivity index (χ2v) is 6.14. The summed E-state index contributed by atoms with van der Waals surface area (Å²) in [4.78, 5) is 0. The summed E-state index contributed by atoms with van der Waals surface area (Å²) in [6.45, 7) is 8.13. The van der Waals surface area contributed by atoms with Crippen molar-refractivity contribution in [3.63, 3.8) is 0 Å². The van der Waals surface area contributed by atoms with Gasteiger partial charge < -0.3 is 4.74 Å². The molecule has 1 nitrogen and oxygen atoms in total. The van der Waals surface area contributed by atoms with Gasteiger partial charge >= 0.3 is 0 Å². The van der Waals surface area contributed by atoms with E-state index < -0.39 is 0 Å². The van der Waals surface area contributed by atoms with Crippen LogP contribution in [0, 0.1) is 23.7 Å². The molecule has 2 aliphatic rings. The Morgan fingerprint density at radius 1 is 1.13 bits per heavy atom. The Morgan fingerprint density at radius 3 is 2.47 bits per heavy atom. The van der Waals surface area contributed by atoms with E-state index in [1.807, 2.05) is 0 Å².